The minimum absolute atomic E-state index is 0.0850. The molecule has 2 nitrogen and oxygen atoms in total. The van der Waals surface area contributed by atoms with Gasteiger partial charge in [0.15, 0.2) is 0 Å². The van der Waals surface area contributed by atoms with Gasteiger partial charge in [-0.2, -0.15) is 11.8 Å². The molecule has 1 aliphatic carbocycles. The van der Waals surface area contributed by atoms with Crippen molar-refractivity contribution in [2.24, 2.45) is 5.73 Å². The molecule has 1 aromatic rings. The second-order valence-electron chi connectivity index (χ2n) is 4.66. The zero-order chi connectivity index (χ0) is 12.1. The van der Waals surface area contributed by atoms with Gasteiger partial charge in [-0.3, -0.25) is 5.41 Å². The molecule has 3 N–H and O–H groups in total. The predicted octanol–water partition coefficient (Wildman–Crippen LogP) is 3.38. The van der Waals surface area contributed by atoms with Crippen LogP contribution in [-0.4, -0.2) is 16.8 Å². The molecule has 1 aromatic carbocycles. The van der Waals surface area contributed by atoms with Gasteiger partial charge in [-0.15, -0.1) is 0 Å². The molecule has 17 heavy (non-hydrogen) atoms. The Balaban J connectivity index is 1.95. The molecule has 0 spiro atoms. The maximum absolute atomic E-state index is 7.73. The van der Waals surface area contributed by atoms with Gasteiger partial charge in [0.2, 0.25) is 0 Å². The van der Waals surface area contributed by atoms with E-state index in [1.54, 1.807) is 0 Å². The molecular formula is C14H20N2S. The van der Waals surface area contributed by atoms with E-state index in [1.165, 1.54) is 31.2 Å². The van der Waals surface area contributed by atoms with Gasteiger partial charge in [-0.05, 0) is 18.4 Å². The molecule has 0 heterocycles. The van der Waals surface area contributed by atoms with Crippen LogP contribution in [0.15, 0.2) is 30.3 Å². The van der Waals surface area contributed by atoms with Crippen molar-refractivity contribution in [3.8, 4) is 0 Å². The van der Waals surface area contributed by atoms with Gasteiger partial charge in [-0.25, -0.2) is 0 Å². The monoisotopic (exact) mass is 248 g/mol. The van der Waals surface area contributed by atoms with Crippen LogP contribution >= 0.6 is 11.8 Å². The van der Waals surface area contributed by atoms with E-state index in [4.69, 9.17) is 11.1 Å². The number of hydrogen-bond donors (Lipinski definition) is 2. The maximum atomic E-state index is 7.73. The molecule has 0 saturated heterocycles. The van der Waals surface area contributed by atoms with Gasteiger partial charge in [0.05, 0.1) is 5.84 Å². The first-order chi connectivity index (χ1) is 8.27. The summed E-state index contributed by atoms with van der Waals surface area (Å²) in [6.45, 7) is 0. The normalized spacial score (nSPS) is 18.1. The number of thioether (sulfide) groups is 1. The minimum atomic E-state index is 0.0850. The highest BCUT2D eigenvalue weighted by Gasteiger charge is 2.20. The number of benzene rings is 1. The van der Waals surface area contributed by atoms with Crippen LogP contribution < -0.4 is 5.73 Å². The summed E-state index contributed by atoms with van der Waals surface area (Å²) in [6.07, 6.45) is 5.41. The highest BCUT2D eigenvalue weighted by molar-refractivity contribution is 7.99. The molecular weight excluding hydrogens is 228 g/mol. The fourth-order valence-corrected chi connectivity index (χ4v) is 3.84. The molecule has 0 radical (unpaired) electrons. The molecule has 3 heteroatoms. The van der Waals surface area contributed by atoms with Crippen LogP contribution in [0.25, 0.3) is 0 Å². The summed E-state index contributed by atoms with van der Waals surface area (Å²) in [7, 11) is 0. The van der Waals surface area contributed by atoms with Crippen molar-refractivity contribution in [3.63, 3.8) is 0 Å². The van der Waals surface area contributed by atoms with E-state index in [9.17, 15) is 0 Å². The lowest BCUT2D eigenvalue weighted by Gasteiger charge is -2.17. The highest BCUT2D eigenvalue weighted by atomic mass is 32.2. The molecule has 0 bridgehead atoms. The number of amidine groups is 1. The third-order valence-corrected chi connectivity index (χ3v) is 4.85. The molecule has 0 aromatic heterocycles. The van der Waals surface area contributed by atoms with E-state index in [0.717, 1.165) is 11.0 Å². The number of nitrogens with one attached hydrogen (secondary N) is 1. The SMILES string of the molecule is N=C(N)C(CSC1CCCC1)c1ccccc1. The van der Waals surface area contributed by atoms with Crippen LogP contribution in [0.5, 0.6) is 0 Å². The first-order valence-electron chi connectivity index (χ1n) is 6.28. The van der Waals surface area contributed by atoms with Crippen molar-refractivity contribution in [1.82, 2.24) is 0 Å². The van der Waals surface area contributed by atoms with Crippen molar-refractivity contribution < 1.29 is 0 Å². The van der Waals surface area contributed by atoms with Crippen molar-refractivity contribution in [2.75, 3.05) is 5.75 Å². The summed E-state index contributed by atoms with van der Waals surface area (Å²) in [5.41, 5.74) is 6.90. The van der Waals surface area contributed by atoms with Crippen molar-refractivity contribution in [1.29, 1.82) is 5.41 Å². The summed E-state index contributed by atoms with van der Waals surface area (Å²) < 4.78 is 0. The summed E-state index contributed by atoms with van der Waals surface area (Å²) >= 11 is 1.99. The molecule has 1 atom stereocenters. The van der Waals surface area contributed by atoms with Gasteiger partial charge in [-0.1, -0.05) is 43.2 Å². The lowest BCUT2D eigenvalue weighted by Crippen LogP contribution is -2.23. The van der Waals surface area contributed by atoms with E-state index in [2.05, 4.69) is 12.1 Å². The van der Waals surface area contributed by atoms with E-state index >= 15 is 0 Å². The van der Waals surface area contributed by atoms with Crippen LogP contribution in [0, 0.1) is 5.41 Å². The van der Waals surface area contributed by atoms with Crippen molar-refractivity contribution in [2.45, 2.75) is 36.9 Å². The summed E-state index contributed by atoms with van der Waals surface area (Å²) in [6, 6.07) is 10.2. The van der Waals surface area contributed by atoms with E-state index in [0.29, 0.717) is 5.84 Å². The quantitative estimate of drug-likeness (QED) is 0.620. The van der Waals surface area contributed by atoms with Crippen molar-refractivity contribution >= 4 is 17.6 Å². The largest absolute Gasteiger partial charge is 0.387 e. The van der Waals surface area contributed by atoms with Crippen molar-refractivity contribution in [3.05, 3.63) is 35.9 Å². The molecule has 92 valence electrons. The van der Waals surface area contributed by atoms with Crippen LogP contribution in [0.4, 0.5) is 0 Å². The van der Waals surface area contributed by atoms with E-state index in [1.807, 2.05) is 30.0 Å². The van der Waals surface area contributed by atoms with Gasteiger partial charge < -0.3 is 5.73 Å². The Morgan fingerprint density at radius 1 is 1.29 bits per heavy atom. The van der Waals surface area contributed by atoms with Gasteiger partial charge in [0.1, 0.15) is 0 Å². The molecule has 1 saturated carbocycles. The number of rotatable bonds is 5. The Kier molecular flexibility index (Phi) is 4.49. The Morgan fingerprint density at radius 3 is 2.53 bits per heavy atom. The summed E-state index contributed by atoms with van der Waals surface area (Å²) in [4.78, 5) is 0. The van der Waals surface area contributed by atoms with Crippen LogP contribution in [0.3, 0.4) is 0 Å². The Morgan fingerprint density at radius 2 is 1.94 bits per heavy atom. The first-order valence-corrected chi connectivity index (χ1v) is 7.32. The first kappa shape index (κ1) is 12.5. The standard InChI is InChI=1S/C14H20N2S/c15-14(16)13(11-6-2-1-3-7-11)10-17-12-8-4-5-9-12/h1-3,6-7,12-13H,4-5,8-10H2,(H3,15,16). The van der Waals surface area contributed by atoms with Gasteiger partial charge in [0, 0.05) is 16.9 Å². The fraction of sp³-hybridized carbons (Fsp3) is 0.500. The summed E-state index contributed by atoms with van der Waals surface area (Å²) in [5, 5.41) is 8.52. The maximum Gasteiger partial charge on any atom is 0.0990 e. The lowest BCUT2D eigenvalue weighted by molar-refractivity contribution is 0.886. The topological polar surface area (TPSA) is 49.9 Å². The smallest absolute Gasteiger partial charge is 0.0990 e. The second-order valence-corrected chi connectivity index (χ2v) is 5.99. The van der Waals surface area contributed by atoms with Gasteiger partial charge >= 0.3 is 0 Å². The van der Waals surface area contributed by atoms with E-state index < -0.39 is 0 Å². The molecule has 1 unspecified atom stereocenters. The Bertz CT molecular complexity index is 358. The average Bonchev–Trinajstić information content (AvgIpc) is 2.83. The fourth-order valence-electron chi connectivity index (χ4n) is 2.34. The molecule has 1 fully saturated rings. The zero-order valence-corrected chi connectivity index (χ0v) is 10.9. The third kappa shape index (κ3) is 3.50. The molecule has 0 amide bonds. The molecule has 2 rings (SSSR count). The average molecular weight is 248 g/mol. The minimum Gasteiger partial charge on any atom is -0.387 e. The highest BCUT2D eigenvalue weighted by Crippen LogP contribution is 2.32. The molecule has 0 aliphatic heterocycles. The Labute approximate surface area is 107 Å². The van der Waals surface area contributed by atoms with Crippen LogP contribution in [0.2, 0.25) is 0 Å². The lowest BCUT2D eigenvalue weighted by atomic mass is 10.0. The third-order valence-electron chi connectivity index (χ3n) is 3.38. The van der Waals surface area contributed by atoms with Crippen LogP contribution in [0.1, 0.15) is 37.2 Å². The molecule has 1 aliphatic rings. The van der Waals surface area contributed by atoms with Crippen LogP contribution in [-0.2, 0) is 0 Å². The Hall–Kier alpha value is -0.960. The predicted molar refractivity (Wildman–Crippen MR) is 75.8 cm³/mol. The number of hydrogen-bond acceptors (Lipinski definition) is 2. The second kappa shape index (κ2) is 6.10. The van der Waals surface area contributed by atoms with Gasteiger partial charge in [0.25, 0.3) is 0 Å². The zero-order valence-electron chi connectivity index (χ0n) is 10.1. The number of nitrogens with two attached hydrogens (primary N) is 1. The van der Waals surface area contributed by atoms with E-state index in [-0.39, 0.29) is 5.92 Å². The summed E-state index contributed by atoms with van der Waals surface area (Å²) in [5.74, 6) is 1.33.